The van der Waals surface area contributed by atoms with Gasteiger partial charge in [-0.3, -0.25) is 19.5 Å². The van der Waals surface area contributed by atoms with Gasteiger partial charge in [-0.2, -0.15) is 0 Å². The van der Waals surface area contributed by atoms with E-state index >= 15 is 0 Å². The number of carbonyl (C=O) groups excluding carboxylic acids is 2. The molecule has 1 aliphatic rings. The van der Waals surface area contributed by atoms with Gasteiger partial charge in [0.05, 0.1) is 25.4 Å². The molecule has 0 unspecified atom stereocenters. The van der Waals surface area contributed by atoms with E-state index < -0.39 is 0 Å². The Hall–Kier alpha value is -2.80. The van der Waals surface area contributed by atoms with Gasteiger partial charge in [-0.1, -0.05) is 0 Å². The van der Waals surface area contributed by atoms with Crippen LogP contribution in [0.3, 0.4) is 0 Å². The summed E-state index contributed by atoms with van der Waals surface area (Å²) in [6.45, 7) is 2.53. The molecule has 1 saturated heterocycles. The molecular weight excluding hydrogens is 361 g/mol. The van der Waals surface area contributed by atoms with Crippen molar-refractivity contribution in [3.05, 3.63) is 59.7 Å². The predicted molar refractivity (Wildman–Crippen MR) is 103 cm³/mol. The van der Waals surface area contributed by atoms with E-state index in [9.17, 15) is 14.0 Å². The van der Waals surface area contributed by atoms with Crippen molar-refractivity contribution in [1.29, 1.82) is 0 Å². The third-order valence-corrected chi connectivity index (χ3v) is 5.00. The van der Waals surface area contributed by atoms with Gasteiger partial charge in [0.25, 0.3) is 5.91 Å². The Morgan fingerprint density at radius 3 is 2.57 bits per heavy atom. The van der Waals surface area contributed by atoms with Crippen LogP contribution in [-0.2, 0) is 0 Å². The molecule has 6 nitrogen and oxygen atoms in total. The smallest absolute Gasteiger partial charge is 0.252 e. The minimum Gasteiger partial charge on any atom is -0.495 e. The third kappa shape index (κ3) is 5.36. The molecular formula is C21H24FN3O3. The molecule has 0 spiro atoms. The molecule has 0 radical (unpaired) electrons. The zero-order valence-electron chi connectivity index (χ0n) is 15.9. The van der Waals surface area contributed by atoms with Crippen molar-refractivity contribution >= 4 is 11.7 Å². The number of hydrogen-bond donors (Lipinski definition) is 1. The number of nitrogens with zero attached hydrogens (tertiary/aromatic N) is 2. The number of ketones is 1. The van der Waals surface area contributed by atoms with Crippen LogP contribution in [-0.4, -0.2) is 54.9 Å². The molecule has 1 fully saturated rings. The number of benzene rings is 1. The van der Waals surface area contributed by atoms with Crippen LogP contribution in [0.5, 0.6) is 5.75 Å². The lowest BCUT2D eigenvalue weighted by atomic mass is 9.96. The van der Waals surface area contributed by atoms with Gasteiger partial charge in [-0.05, 0) is 62.2 Å². The Morgan fingerprint density at radius 2 is 1.89 bits per heavy atom. The lowest BCUT2D eigenvalue weighted by molar-refractivity contribution is 0.0887. The number of likely N-dealkylation sites (tertiary alicyclic amines) is 1. The van der Waals surface area contributed by atoms with Gasteiger partial charge >= 0.3 is 0 Å². The maximum Gasteiger partial charge on any atom is 0.252 e. The first-order valence-electron chi connectivity index (χ1n) is 9.33. The summed E-state index contributed by atoms with van der Waals surface area (Å²) in [5, 5.41) is 2.95. The first kappa shape index (κ1) is 19.9. The number of nitrogens with one attached hydrogen (secondary N) is 1. The number of methoxy groups -OCH3 is 1. The highest BCUT2D eigenvalue weighted by Gasteiger charge is 2.22. The maximum absolute atomic E-state index is 13.0. The normalized spacial score (nSPS) is 15.2. The molecule has 3 rings (SSSR count). The molecule has 0 atom stereocenters. The van der Waals surface area contributed by atoms with Crippen LogP contribution in [0.15, 0.2) is 42.7 Å². The summed E-state index contributed by atoms with van der Waals surface area (Å²) in [6, 6.07) is 7.31. The van der Waals surface area contributed by atoms with E-state index in [-0.39, 0.29) is 17.5 Å². The number of halogens is 1. The standard InChI is InChI=1S/C21H24FN3O3/c1-28-19-10-17(12-23-13-19)21(27)24-11-15-6-8-25(9-7-15)14-20(26)16-2-4-18(22)5-3-16/h2-5,10,12-13,15H,6-9,11,14H2,1H3,(H,24,27). The monoisotopic (exact) mass is 385 g/mol. The van der Waals surface area contributed by atoms with E-state index in [0.717, 1.165) is 25.9 Å². The van der Waals surface area contributed by atoms with Crippen LogP contribution in [0.4, 0.5) is 4.39 Å². The fraction of sp³-hybridized carbons (Fsp3) is 0.381. The zero-order chi connectivity index (χ0) is 19.9. The molecule has 2 heterocycles. The summed E-state index contributed by atoms with van der Waals surface area (Å²) in [6.07, 6.45) is 4.89. The molecule has 1 amide bonds. The number of ether oxygens (including phenoxy) is 1. The molecule has 1 aromatic heterocycles. The average molecular weight is 385 g/mol. The van der Waals surface area contributed by atoms with Crippen molar-refractivity contribution in [1.82, 2.24) is 15.2 Å². The van der Waals surface area contributed by atoms with Crippen molar-refractivity contribution in [3.8, 4) is 5.75 Å². The summed E-state index contributed by atoms with van der Waals surface area (Å²) in [5.74, 6) is 0.410. The van der Waals surface area contributed by atoms with E-state index in [0.29, 0.717) is 35.9 Å². The molecule has 28 heavy (non-hydrogen) atoms. The zero-order valence-corrected chi connectivity index (χ0v) is 15.9. The molecule has 0 bridgehead atoms. The van der Waals surface area contributed by atoms with Gasteiger partial charge in [0.1, 0.15) is 11.6 Å². The molecule has 148 valence electrons. The molecule has 0 saturated carbocycles. The summed E-state index contributed by atoms with van der Waals surface area (Å²) < 4.78 is 18.1. The number of carbonyl (C=O) groups is 2. The van der Waals surface area contributed by atoms with E-state index in [1.807, 2.05) is 0 Å². The number of Topliss-reactive ketones (excluding diaryl/α,β-unsaturated/α-hetero) is 1. The fourth-order valence-electron chi connectivity index (χ4n) is 3.27. The predicted octanol–water partition coefficient (Wildman–Crippen LogP) is 2.55. The molecule has 2 aromatic rings. The first-order valence-corrected chi connectivity index (χ1v) is 9.33. The second-order valence-electron chi connectivity index (χ2n) is 6.97. The van der Waals surface area contributed by atoms with E-state index in [2.05, 4.69) is 15.2 Å². The number of hydrogen-bond acceptors (Lipinski definition) is 5. The Labute approximate surface area is 163 Å². The number of pyridine rings is 1. The van der Waals surface area contributed by atoms with Crippen molar-refractivity contribution in [2.24, 2.45) is 5.92 Å². The van der Waals surface area contributed by atoms with E-state index in [1.165, 1.54) is 37.6 Å². The van der Waals surface area contributed by atoms with Crippen LogP contribution in [0.25, 0.3) is 0 Å². The molecule has 7 heteroatoms. The van der Waals surface area contributed by atoms with Gasteiger partial charge < -0.3 is 10.1 Å². The highest BCUT2D eigenvalue weighted by atomic mass is 19.1. The largest absolute Gasteiger partial charge is 0.495 e. The van der Waals surface area contributed by atoms with Gasteiger partial charge in [0.15, 0.2) is 5.78 Å². The summed E-state index contributed by atoms with van der Waals surface area (Å²) in [4.78, 5) is 30.7. The SMILES string of the molecule is COc1cncc(C(=O)NCC2CCN(CC(=O)c3ccc(F)cc3)CC2)c1. The second-order valence-corrected chi connectivity index (χ2v) is 6.97. The Balaban J connectivity index is 1.42. The number of rotatable bonds is 7. The Bertz CT molecular complexity index is 818. The number of aromatic nitrogens is 1. The number of piperidine rings is 1. The van der Waals surface area contributed by atoms with Crippen molar-refractivity contribution < 1.29 is 18.7 Å². The van der Waals surface area contributed by atoms with Gasteiger partial charge in [-0.15, -0.1) is 0 Å². The molecule has 1 N–H and O–H groups in total. The highest BCUT2D eigenvalue weighted by Crippen LogP contribution is 2.17. The van der Waals surface area contributed by atoms with Gasteiger partial charge in [-0.25, -0.2) is 4.39 Å². The van der Waals surface area contributed by atoms with Crippen LogP contribution in [0.2, 0.25) is 0 Å². The van der Waals surface area contributed by atoms with E-state index in [1.54, 1.807) is 12.3 Å². The maximum atomic E-state index is 13.0. The molecule has 1 aromatic carbocycles. The van der Waals surface area contributed by atoms with Crippen molar-refractivity contribution in [3.63, 3.8) is 0 Å². The topological polar surface area (TPSA) is 71.5 Å². The van der Waals surface area contributed by atoms with Crippen molar-refractivity contribution in [2.45, 2.75) is 12.8 Å². The summed E-state index contributed by atoms with van der Waals surface area (Å²) >= 11 is 0. The van der Waals surface area contributed by atoms with Gasteiger partial charge in [0.2, 0.25) is 0 Å². The highest BCUT2D eigenvalue weighted by molar-refractivity contribution is 5.97. The van der Waals surface area contributed by atoms with Crippen LogP contribution >= 0.6 is 0 Å². The van der Waals surface area contributed by atoms with Crippen LogP contribution in [0.1, 0.15) is 33.6 Å². The molecule has 1 aliphatic heterocycles. The second kappa shape index (κ2) is 9.41. The Morgan fingerprint density at radius 1 is 1.18 bits per heavy atom. The van der Waals surface area contributed by atoms with Crippen LogP contribution in [0, 0.1) is 11.7 Å². The minimum atomic E-state index is -0.343. The third-order valence-electron chi connectivity index (χ3n) is 5.00. The lowest BCUT2D eigenvalue weighted by Crippen LogP contribution is -2.40. The first-order chi connectivity index (χ1) is 13.5. The summed E-state index contributed by atoms with van der Waals surface area (Å²) in [7, 11) is 1.54. The Kier molecular flexibility index (Phi) is 6.71. The van der Waals surface area contributed by atoms with E-state index in [4.69, 9.17) is 4.74 Å². The lowest BCUT2D eigenvalue weighted by Gasteiger charge is -2.31. The quantitative estimate of drug-likeness (QED) is 0.742. The van der Waals surface area contributed by atoms with Gasteiger partial charge in [0, 0.05) is 18.3 Å². The average Bonchev–Trinajstić information content (AvgIpc) is 2.73. The minimum absolute atomic E-state index is 0.00252. The molecule has 0 aliphatic carbocycles. The fourth-order valence-corrected chi connectivity index (χ4v) is 3.27. The summed E-state index contributed by atoms with van der Waals surface area (Å²) in [5.41, 5.74) is 1.00. The number of amides is 1. The van der Waals surface area contributed by atoms with Crippen LogP contribution < -0.4 is 10.1 Å². The van der Waals surface area contributed by atoms with Crippen molar-refractivity contribution in [2.75, 3.05) is 33.3 Å².